The fourth-order valence-electron chi connectivity index (χ4n) is 3.65. The molecular weight excluding hydrogens is 511 g/mol. The van der Waals surface area contributed by atoms with Gasteiger partial charge in [0, 0.05) is 32.7 Å². The highest BCUT2D eigenvalue weighted by atomic mass is 35.5. The van der Waals surface area contributed by atoms with Gasteiger partial charge in [-0.2, -0.15) is 5.10 Å². The smallest absolute Gasteiger partial charge is 0.260 e. The minimum atomic E-state index is -3.76. The van der Waals surface area contributed by atoms with Crippen molar-refractivity contribution in [3.05, 3.63) is 75.5 Å². The van der Waals surface area contributed by atoms with E-state index in [0.29, 0.717) is 22.4 Å². The number of nitrogens with one attached hydrogen (secondary N) is 1. The molecule has 1 N–H and O–H groups in total. The predicted molar refractivity (Wildman–Crippen MR) is 141 cm³/mol. The maximum Gasteiger partial charge on any atom is 0.260 e. The fraction of sp³-hybridized carbons (Fsp3) is 0.250. The Labute approximate surface area is 215 Å². The number of sulfonamides is 1. The third-order valence-corrected chi connectivity index (χ3v) is 6.65. The van der Waals surface area contributed by atoms with E-state index in [-0.39, 0.29) is 5.69 Å². The number of anilines is 1. The molecule has 0 radical (unpaired) electrons. The van der Waals surface area contributed by atoms with Gasteiger partial charge in [-0.1, -0.05) is 35.3 Å². The Morgan fingerprint density at radius 2 is 1.80 bits per heavy atom. The summed E-state index contributed by atoms with van der Waals surface area (Å²) in [6, 6.07) is 13.8. The van der Waals surface area contributed by atoms with E-state index < -0.39 is 22.5 Å². The van der Waals surface area contributed by atoms with E-state index in [0.717, 1.165) is 33.2 Å². The van der Waals surface area contributed by atoms with Crippen molar-refractivity contribution in [3.8, 4) is 11.4 Å². The van der Waals surface area contributed by atoms with Gasteiger partial charge >= 0.3 is 0 Å². The van der Waals surface area contributed by atoms with Crippen LogP contribution in [0.1, 0.15) is 23.9 Å². The van der Waals surface area contributed by atoms with Crippen molar-refractivity contribution in [3.63, 3.8) is 0 Å². The van der Waals surface area contributed by atoms with Crippen LogP contribution >= 0.6 is 23.2 Å². The van der Waals surface area contributed by atoms with E-state index in [1.165, 1.54) is 6.21 Å². The molecule has 8 nitrogen and oxygen atoms in total. The Morgan fingerprint density at radius 1 is 1.14 bits per heavy atom. The number of aryl methyl sites for hydroxylation is 1. The Bertz CT molecular complexity index is 1350. The SMILES string of the molecule is CCOc1ccccc1N(CC(=O)N/N=C\c1cc(C)n(-c2cc(Cl)cc(Cl)c2)c1C)S(C)(=O)=O. The summed E-state index contributed by atoms with van der Waals surface area (Å²) in [6.07, 6.45) is 2.53. The zero-order valence-corrected chi connectivity index (χ0v) is 22.1. The second kappa shape index (κ2) is 11.2. The Balaban J connectivity index is 1.78. The number of hydrazone groups is 1. The number of nitrogens with zero attached hydrogens (tertiary/aromatic N) is 3. The summed E-state index contributed by atoms with van der Waals surface area (Å²) in [5.41, 5.74) is 6.03. The maximum atomic E-state index is 12.6. The molecule has 186 valence electrons. The number of halogens is 2. The third kappa shape index (κ3) is 6.56. The molecule has 3 aromatic rings. The van der Waals surface area contributed by atoms with Crippen molar-refractivity contribution >= 4 is 51.0 Å². The van der Waals surface area contributed by atoms with Crippen LogP contribution in [0.4, 0.5) is 5.69 Å². The molecule has 0 bridgehead atoms. The Kier molecular flexibility index (Phi) is 8.47. The lowest BCUT2D eigenvalue weighted by molar-refractivity contribution is -0.119. The first-order chi connectivity index (χ1) is 16.5. The van der Waals surface area contributed by atoms with E-state index in [1.54, 1.807) is 49.4 Å². The van der Waals surface area contributed by atoms with Gasteiger partial charge in [0.1, 0.15) is 12.3 Å². The molecule has 35 heavy (non-hydrogen) atoms. The van der Waals surface area contributed by atoms with Gasteiger partial charge in [-0.05, 0) is 57.2 Å². The zero-order chi connectivity index (χ0) is 25.8. The summed E-state index contributed by atoms with van der Waals surface area (Å²) in [5, 5.41) is 5.07. The minimum Gasteiger partial charge on any atom is -0.492 e. The monoisotopic (exact) mass is 536 g/mol. The number of carbonyl (C=O) groups is 1. The number of carbonyl (C=O) groups excluding carboxylic acids is 1. The molecule has 1 aromatic heterocycles. The predicted octanol–water partition coefficient (Wildman–Crippen LogP) is 4.72. The van der Waals surface area contributed by atoms with E-state index in [9.17, 15) is 13.2 Å². The molecule has 1 amide bonds. The van der Waals surface area contributed by atoms with Gasteiger partial charge in [-0.3, -0.25) is 9.10 Å². The number of rotatable bonds is 9. The van der Waals surface area contributed by atoms with Gasteiger partial charge in [0.25, 0.3) is 5.91 Å². The quantitative estimate of drug-likeness (QED) is 0.316. The molecule has 0 unspecified atom stereocenters. The van der Waals surface area contributed by atoms with Crippen molar-refractivity contribution in [1.29, 1.82) is 0 Å². The average Bonchev–Trinajstić information content (AvgIpc) is 3.04. The number of aromatic nitrogens is 1. The highest BCUT2D eigenvalue weighted by Crippen LogP contribution is 2.30. The van der Waals surface area contributed by atoms with Crippen molar-refractivity contribution in [2.45, 2.75) is 20.8 Å². The van der Waals surface area contributed by atoms with Crippen molar-refractivity contribution in [2.24, 2.45) is 5.10 Å². The number of ether oxygens (including phenoxy) is 1. The largest absolute Gasteiger partial charge is 0.492 e. The molecule has 0 aliphatic carbocycles. The summed E-state index contributed by atoms with van der Waals surface area (Å²) in [4.78, 5) is 12.6. The lowest BCUT2D eigenvalue weighted by Gasteiger charge is -2.23. The summed E-state index contributed by atoms with van der Waals surface area (Å²) < 4.78 is 33.3. The third-order valence-electron chi connectivity index (χ3n) is 5.09. The molecule has 2 aromatic carbocycles. The molecule has 0 aliphatic rings. The normalized spacial score (nSPS) is 11.6. The van der Waals surface area contributed by atoms with Crippen molar-refractivity contribution in [1.82, 2.24) is 9.99 Å². The highest BCUT2D eigenvalue weighted by molar-refractivity contribution is 7.92. The lowest BCUT2D eigenvalue weighted by Crippen LogP contribution is -2.39. The van der Waals surface area contributed by atoms with Gasteiger partial charge in [-0.15, -0.1) is 0 Å². The van der Waals surface area contributed by atoms with Crippen LogP contribution < -0.4 is 14.5 Å². The fourth-order valence-corrected chi connectivity index (χ4v) is 5.02. The van der Waals surface area contributed by atoms with Crippen LogP contribution in [0, 0.1) is 13.8 Å². The van der Waals surface area contributed by atoms with Gasteiger partial charge in [0.05, 0.1) is 24.8 Å². The van der Waals surface area contributed by atoms with E-state index in [2.05, 4.69) is 10.5 Å². The van der Waals surface area contributed by atoms with Gasteiger partial charge in [0.2, 0.25) is 10.0 Å². The number of hydrogen-bond acceptors (Lipinski definition) is 5. The van der Waals surface area contributed by atoms with E-state index >= 15 is 0 Å². The van der Waals surface area contributed by atoms with Crippen LogP contribution in [0.5, 0.6) is 5.75 Å². The molecule has 11 heteroatoms. The second-order valence-corrected chi connectivity index (χ2v) is 10.5. The highest BCUT2D eigenvalue weighted by Gasteiger charge is 2.23. The zero-order valence-electron chi connectivity index (χ0n) is 19.7. The molecule has 0 spiro atoms. The van der Waals surface area contributed by atoms with Gasteiger partial charge in [-0.25, -0.2) is 13.8 Å². The van der Waals surface area contributed by atoms with Crippen molar-refractivity contribution in [2.75, 3.05) is 23.7 Å². The van der Waals surface area contributed by atoms with Crippen molar-refractivity contribution < 1.29 is 17.9 Å². The van der Waals surface area contributed by atoms with Gasteiger partial charge < -0.3 is 9.30 Å². The molecule has 3 rings (SSSR count). The first-order valence-corrected chi connectivity index (χ1v) is 13.3. The standard InChI is InChI=1S/C24H26Cl2N4O4S/c1-5-34-23-9-7-6-8-22(23)29(35(4,32)33)15-24(31)28-27-14-18-10-16(2)30(17(18)3)21-12-19(25)11-20(26)13-21/h6-14H,5,15H2,1-4H3,(H,28,31)/b27-14-. The van der Waals surface area contributed by atoms with Crippen LogP contribution in [0.25, 0.3) is 5.69 Å². The van der Waals surface area contributed by atoms with Crippen LogP contribution in [-0.2, 0) is 14.8 Å². The average molecular weight is 537 g/mol. The lowest BCUT2D eigenvalue weighted by atomic mass is 10.2. The summed E-state index contributed by atoms with van der Waals surface area (Å²) in [6.45, 7) is 5.52. The molecular formula is C24H26Cl2N4O4S. The second-order valence-electron chi connectivity index (χ2n) is 7.75. The number of para-hydroxylation sites is 2. The van der Waals surface area contributed by atoms with E-state index in [1.807, 2.05) is 24.5 Å². The molecule has 1 heterocycles. The topological polar surface area (TPSA) is 93.0 Å². The van der Waals surface area contributed by atoms with E-state index in [4.69, 9.17) is 27.9 Å². The van der Waals surface area contributed by atoms with Crippen LogP contribution in [0.15, 0.2) is 53.6 Å². The first kappa shape index (κ1) is 26.6. The molecule has 0 atom stereocenters. The van der Waals surface area contributed by atoms with Crippen LogP contribution in [-0.4, -0.2) is 44.5 Å². The molecule has 0 saturated heterocycles. The first-order valence-electron chi connectivity index (χ1n) is 10.7. The molecule has 0 aliphatic heterocycles. The molecule has 0 fully saturated rings. The van der Waals surface area contributed by atoms with Gasteiger partial charge in [0.15, 0.2) is 0 Å². The van der Waals surface area contributed by atoms with Crippen LogP contribution in [0.3, 0.4) is 0 Å². The maximum absolute atomic E-state index is 12.6. The van der Waals surface area contributed by atoms with Crippen LogP contribution in [0.2, 0.25) is 10.0 Å². The number of amides is 1. The minimum absolute atomic E-state index is 0.278. The number of benzene rings is 2. The summed E-state index contributed by atoms with van der Waals surface area (Å²) in [7, 11) is -3.76. The number of hydrogen-bond donors (Lipinski definition) is 1. The molecule has 0 saturated carbocycles. The Morgan fingerprint density at radius 3 is 2.43 bits per heavy atom. The summed E-state index contributed by atoms with van der Waals surface area (Å²) >= 11 is 12.3. The summed E-state index contributed by atoms with van der Waals surface area (Å²) in [5.74, 6) is -0.237. The Hall–Kier alpha value is -3.01.